The first kappa shape index (κ1) is 24.8. The van der Waals surface area contributed by atoms with Crippen molar-refractivity contribution in [2.75, 3.05) is 11.9 Å². The Bertz CT molecular complexity index is 949. The van der Waals surface area contributed by atoms with Crippen LogP contribution in [0, 0.1) is 5.92 Å². The van der Waals surface area contributed by atoms with Crippen molar-refractivity contribution in [2.45, 2.75) is 40.2 Å². The van der Waals surface area contributed by atoms with E-state index < -0.39 is 0 Å². The zero-order valence-corrected chi connectivity index (χ0v) is 20.5. The van der Waals surface area contributed by atoms with E-state index in [1.807, 2.05) is 13.8 Å². The van der Waals surface area contributed by atoms with Crippen LogP contribution in [0.4, 0.5) is 5.69 Å². The van der Waals surface area contributed by atoms with Crippen molar-refractivity contribution in [1.82, 2.24) is 10.6 Å². The maximum Gasteiger partial charge on any atom is 0.257 e. The van der Waals surface area contributed by atoms with E-state index >= 15 is 0 Å². The molecule has 2 aromatic rings. The summed E-state index contributed by atoms with van der Waals surface area (Å²) in [5.41, 5.74) is 1.40. The predicted octanol–water partition coefficient (Wildman–Crippen LogP) is 5.14. The molecule has 2 aromatic carbocycles. The summed E-state index contributed by atoms with van der Waals surface area (Å²) in [6.07, 6.45) is 0.826. The van der Waals surface area contributed by atoms with Crippen LogP contribution in [-0.4, -0.2) is 29.6 Å². The molecule has 0 saturated carbocycles. The van der Waals surface area contributed by atoms with Crippen LogP contribution in [0.5, 0.6) is 5.75 Å². The predicted molar refractivity (Wildman–Crippen MR) is 132 cm³/mol. The number of nitrogens with one attached hydrogen (secondary N) is 3. The highest BCUT2D eigenvalue weighted by molar-refractivity contribution is 9.10. The monoisotopic (exact) mass is 505 g/mol. The van der Waals surface area contributed by atoms with Crippen molar-refractivity contribution in [3.05, 3.63) is 58.1 Å². The van der Waals surface area contributed by atoms with Gasteiger partial charge in [0.1, 0.15) is 5.75 Å². The number of carbonyl (C=O) groups excluding carboxylic acids is 2. The number of ether oxygens (including phenoxy) is 1. The van der Waals surface area contributed by atoms with E-state index in [0.717, 1.165) is 6.42 Å². The number of hydrogen-bond acceptors (Lipinski definition) is 4. The van der Waals surface area contributed by atoms with E-state index in [-0.39, 0.29) is 23.0 Å². The van der Waals surface area contributed by atoms with E-state index in [0.29, 0.717) is 39.6 Å². The van der Waals surface area contributed by atoms with E-state index in [4.69, 9.17) is 17.0 Å². The quantitative estimate of drug-likeness (QED) is 0.432. The summed E-state index contributed by atoms with van der Waals surface area (Å²) in [6.45, 7) is 8.66. The molecule has 0 fully saturated rings. The highest BCUT2D eigenvalue weighted by Gasteiger charge is 2.15. The molecule has 31 heavy (non-hydrogen) atoms. The standard InChI is InChI=1S/C23H28BrN3O3S/c1-5-15(4)25-22(29)17-8-6-7-9-19(17)26-23(31)27-21(28)16-10-11-20(18(24)12-16)30-13-14(2)3/h6-12,14-15H,5,13H2,1-4H3,(H,25,29)(H2,26,27,28,31). The van der Waals surface area contributed by atoms with Crippen LogP contribution in [0.25, 0.3) is 0 Å². The number of thiocarbonyl (C=S) groups is 1. The number of benzene rings is 2. The van der Waals surface area contributed by atoms with Gasteiger partial charge in [0, 0.05) is 11.6 Å². The van der Waals surface area contributed by atoms with Gasteiger partial charge in [0.15, 0.2) is 5.11 Å². The second-order valence-electron chi connectivity index (χ2n) is 7.59. The fourth-order valence-electron chi connectivity index (χ4n) is 2.54. The summed E-state index contributed by atoms with van der Waals surface area (Å²) < 4.78 is 6.40. The maximum absolute atomic E-state index is 12.6. The third-order valence-electron chi connectivity index (χ3n) is 4.40. The molecule has 0 aliphatic heterocycles. The highest BCUT2D eigenvalue weighted by atomic mass is 79.9. The van der Waals surface area contributed by atoms with Gasteiger partial charge in [-0.15, -0.1) is 0 Å². The summed E-state index contributed by atoms with van der Waals surface area (Å²) in [7, 11) is 0. The zero-order chi connectivity index (χ0) is 23.0. The van der Waals surface area contributed by atoms with Crippen molar-refractivity contribution < 1.29 is 14.3 Å². The Morgan fingerprint density at radius 1 is 1.10 bits per heavy atom. The Morgan fingerprint density at radius 3 is 2.45 bits per heavy atom. The molecule has 166 valence electrons. The van der Waals surface area contributed by atoms with E-state index in [1.165, 1.54) is 0 Å². The largest absolute Gasteiger partial charge is 0.492 e. The lowest BCUT2D eigenvalue weighted by Crippen LogP contribution is -2.36. The topological polar surface area (TPSA) is 79.5 Å². The van der Waals surface area contributed by atoms with Crippen LogP contribution in [0.15, 0.2) is 46.9 Å². The number of hydrogen-bond donors (Lipinski definition) is 3. The fraction of sp³-hybridized carbons (Fsp3) is 0.348. The van der Waals surface area contributed by atoms with Crippen LogP contribution in [0.1, 0.15) is 54.8 Å². The van der Waals surface area contributed by atoms with Gasteiger partial charge in [-0.05, 0) is 77.7 Å². The molecule has 0 aromatic heterocycles. The van der Waals surface area contributed by atoms with Crippen molar-refractivity contribution in [3.63, 3.8) is 0 Å². The van der Waals surface area contributed by atoms with Crippen LogP contribution in [-0.2, 0) is 0 Å². The van der Waals surface area contributed by atoms with Crippen LogP contribution in [0.3, 0.4) is 0 Å². The number of halogens is 1. The Labute approximate surface area is 197 Å². The van der Waals surface area contributed by atoms with Crippen molar-refractivity contribution >= 4 is 50.8 Å². The molecule has 0 heterocycles. The maximum atomic E-state index is 12.6. The van der Waals surface area contributed by atoms with Crippen LogP contribution < -0.4 is 20.7 Å². The van der Waals surface area contributed by atoms with Crippen molar-refractivity contribution in [3.8, 4) is 5.75 Å². The summed E-state index contributed by atoms with van der Waals surface area (Å²) in [6, 6.07) is 12.2. The molecule has 0 spiro atoms. The van der Waals surface area contributed by atoms with Gasteiger partial charge in [0.2, 0.25) is 0 Å². The minimum absolute atomic E-state index is 0.0538. The van der Waals surface area contributed by atoms with Gasteiger partial charge in [-0.2, -0.15) is 0 Å². The molecule has 0 aliphatic rings. The first-order valence-electron chi connectivity index (χ1n) is 10.2. The summed E-state index contributed by atoms with van der Waals surface area (Å²) in [5.74, 6) is 0.503. The van der Waals surface area contributed by atoms with Gasteiger partial charge in [-0.1, -0.05) is 32.9 Å². The summed E-state index contributed by atoms with van der Waals surface area (Å²) in [5, 5.41) is 8.62. The normalized spacial score (nSPS) is 11.5. The Balaban J connectivity index is 2.04. The SMILES string of the molecule is CCC(C)NC(=O)c1ccccc1NC(=S)NC(=O)c1ccc(OCC(C)C)c(Br)c1. The number of anilines is 1. The van der Waals surface area contributed by atoms with Crippen molar-refractivity contribution in [1.29, 1.82) is 0 Å². The molecule has 0 aliphatic carbocycles. The van der Waals surface area contributed by atoms with Gasteiger partial charge < -0.3 is 15.4 Å². The zero-order valence-electron chi connectivity index (χ0n) is 18.1. The molecular weight excluding hydrogens is 478 g/mol. The molecule has 2 amide bonds. The number of rotatable bonds is 8. The molecule has 8 heteroatoms. The first-order valence-corrected chi connectivity index (χ1v) is 11.4. The molecule has 0 bridgehead atoms. The number of para-hydroxylation sites is 1. The smallest absolute Gasteiger partial charge is 0.257 e. The Kier molecular flexibility index (Phi) is 9.45. The summed E-state index contributed by atoms with van der Waals surface area (Å²) in [4.78, 5) is 25.1. The second-order valence-corrected chi connectivity index (χ2v) is 8.85. The summed E-state index contributed by atoms with van der Waals surface area (Å²) >= 11 is 8.73. The van der Waals surface area contributed by atoms with E-state index in [9.17, 15) is 9.59 Å². The Morgan fingerprint density at radius 2 is 1.81 bits per heavy atom. The number of carbonyl (C=O) groups is 2. The first-order chi connectivity index (χ1) is 14.7. The van der Waals surface area contributed by atoms with Gasteiger partial charge in [-0.3, -0.25) is 14.9 Å². The molecule has 3 N–H and O–H groups in total. The molecule has 1 unspecified atom stereocenters. The minimum atomic E-state index is -0.366. The van der Waals surface area contributed by atoms with Gasteiger partial charge in [0.25, 0.3) is 11.8 Å². The minimum Gasteiger partial charge on any atom is -0.492 e. The molecule has 6 nitrogen and oxygen atoms in total. The Hall–Kier alpha value is -2.45. The molecule has 1 atom stereocenters. The van der Waals surface area contributed by atoms with E-state index in [2.05, 4.69) is 45.7 Å². The van der Waals surface area contributed by atoms with Gasteiger partial charge in [0.05, 0.1) is 22.3 Å². The fourth-order valence-corrected chi connectivity index (χ4v) is 3.23. The average molecular weight is 506 g/mol. The number of amides is 2. The highest BCUT2D eigenvalue weighted by Crippen LogP contribution is 2.26. The van der Waals surface area contributed by atoms with Gasteiger partial charge >= 0.3 is 0 Å². The lowest BCUT2D eigenvalue weighted by molar-refractivity contribution is 0.0938. The third kappa shape index (κ3) is 7.63. The molecular formula is C23H28BrN3O3S. The molecule has 0 saturated heterocycles. The van der Waals surface area contributed by atoms with Crippen molar-refractivity contribution in [2.24, 2.45) is 5.92 Å². The molecule has 0 radical (unpaired) electrons. The third-order valence-corrected chi connectivity index (χ3v) is 5.23. The second kappa shape index (κ2) is 11.8. The van der Waals surface area contributed by atoms with Gasteiger partial charge in [-0.25, -0.2) is 0 Å². The average Bonchev–Trinajstić information content (AvgIpc) is 2.72. The molecule has 2 rings (SSSR count). The van der Waals surface area contributed by atoms with Crippen LogP contribution in [0.2, 0.25) is 0 Å². The van der Waals surface area contributed by atoms with E-state index in [1.54, 1.807) is 42.5 Å². The lowest BCUT2D eigenvalue weighted by Gasteiger charge is -2.16. The lowest BCUT2D eigenvalue weighted by atomic mass is 10.1. The van der Waals surface area contributed by atoms with Crippen LogP contribution >= 0.6 is 28.1 Å².